The fraction of sp³-hybridized carbons (Fsp3) is 0.333. The smallest absolute Gasteiger partial charge is 0.231 e. The molecule has 1 saturated heterocycles. The van der Waals surface area contributed by atoms with E-state index in [1.165, 1.54) is 0 Å². The van der Waals surface area contributed by atoms with Gasteiger partial charge in [-0.3, -0.25) is 4.79 Å². The van der Waals surface area contributed by atoms with Gasteiger partial charge in [-0.25, -0.2) is 4.52 Å². The lowest BCUT2D eigenvalue weighted by Crippen LogP contribution is -2.44. The summed E-state index contributed by atoms with van der Waals surface area (Å²) in [6.45, 7) is 3.47. The fourth-order valence-corrected chi connectivity index (χ4v) is 3.65. The molecule has 5 heteroatoms. The highest BCUT2D eigenvalue weighted by atomic mass is 16.5. The summed E-state index contributed by atoms with van der Waals surface area (Å²) in [5, 5.41) is 4.36. The van der Waals surface area contributed by atoms with Gasteiger partial charge < -0.3 is 9.64 Å². The Kier molecular flexibility index (Phi) is 4.71. The maximum absolute atomic E-state index is 13.3. The molecule has 1 amide bonds. The second-order valence-corrected chi connectivity index (χ2v) is 6.82. The predicted octanol–water partition coefficient (Wildman–Crippen LogP) is 3.40. The minimum absolute atomic E-state index is 0.112. The molecule has 1 aliphatic heterocycles. The number of nitrogens with zero attached hydrogens (tertiary/aromatic N) is 3. The van der Waals surface area contributed by atoms with Crippen molar-refractivity contribution in [1.29, 1.82) is 0 Å². The number of fused-ring (bicyclic) bond motifs is 1. The Bertz CT molecular complexity index is 912. The van der Waals surface area contributed by atoms with Gasteiger partial charge in [0.05, 0.1) is 18.1 Å². The maximum Gasteiger partial charge on any atom is 0.231 e. The monoisotopic (exact) mass is 349 g/mol. The topological polar surface area (TPSA) is 46.8 Å². The number of hydrogen-bond acceptors (Lipinski definition) is 3. The largest absolute Gasteiger partial charge is 0.381 e. The average Bonchev–Trinajstić information content (AvgIpc) is 3.06. The van der Waals surface area contributed by atoms with Crippen LogP contribution in [0.25, 0.3) is 5.52 Å². The van der Waals surface area contributed by atoms with E-state index in [-0.39, 0.29) is 11.9 Å². The van der Waals surface area contributed by atoms with E-state index in [0.29, 0.717) is 19.6 Å². The van der Waals surface area contributed by atoms with Crippen molar-refractivity contribution in [2.24, 2.45) is 0 Å². The first-order valence-electron chi connectivity index (χ1n) is 9.10. The first-order chi connectivity index (χ1) is 12.7. The summed E-state index contributed by atoms with van der Waals surface area (Å²) in [5.74, 6) is 0.112. The summed E-state index contributed by atoms with van der Waals surface area (Å²) in [5.41, 5.74) is 4.07. The molecule has 0 spiro atoms. The number of anilines is 1. The highest BCUT2D eigenvalue weighted by Crippen LogP contribution is 2.25. The first-order valence-corrected chi connectivity index (χ1v) is 9.10. The Labute approximate surface area is 153 Å². The van der Waals surface area contributed by atoms with E-state index in [0.717, 1.165) is 35.2 Å². The Morgan fingerprint density at radius 3 is 2.88 bits per heavy atom. The number of ether oxygens (including phenoxy) is 1. The van der Waals surface area contributed by atoms with E-state index in [4.69, 9.17) is 4.74 Å². The number of aryl methyl sites for hydroxylation is 1. The van der Waals surface area contributed by atoms with Crippen molar-refractivity contribution in [3.63, 3.8) is 0 Å². The third-order valence-electron chi connectivity index (χ3n) is 4.95. The molecule has 26 heavy (non-hydrogen) atoms. The van der Waals surface area contributed by atoms with Gasteiger partial charge in [0.1, 0.15) is 0 Å². The number of carbonyl (C=O) groups excluding carboxylic acids is 1. The van der Waals surface area contributed by atoms with Crippen molar-refractivity contribution in [3.8, 4) is 0 Å². The number of aromatic nitrogens is 2. The SMILES string of the molecule is Cc1cccc(N(C(=O)Cc2cnn3ccccc23)C2CCOCC2)c1. The molecule has 0 N–H and O–H groups in total. The zero-order valence-electron chi connectivity index (χ0n) is 15.0. The zero-order chi connectivity index (χ0) is 17.9. The second-order valence-electron chi connectivity index (χ2n) is 6.82. The van der Waals surface area contributed by atoms with Crippen LogP contribution in [-0.2, 0) is 16.0 Å². The van der Waals surface area contributed by atoms with Crippen molar-refractivity contribution in [3.05, 3.63) is 66.0 Å². The maximum atomic E-state index is 13.3. The molecule has 1 aromatic carbocycles. The van der Waals surface area contributed by atoms with Crippen molar-refractivity contribution >= 4 is 17.1 Å². The van der Waals surface area contributed by atoms with Gasteiger partial charge in [-0.2, -0.15) is 5.10 Å². The molecule has 1 fully saturated rings. The van der Waals surface area contributed by atoms with Crippen LogP contribution >= 0.6 is 0 Å². The standard InChI is InChI=1S/C21H23N3O2/c1-16-5-4-6-19(13-16)24(18-8-11-26-12-9-18)21(25)14-17-15-22-23-10-3-2-7-20(17)23/h2-7,10,13,15,18H,8-9,11-12,14H2,1H3. The second kappa shape index (κ2) is 7.30. The van der Waals surface area contributed by atoms with Crippen molar-refractivity contribution in [2.45, 2.75) is 32.2 Å². The Morgan fingerprint density at radius 1 is 1.23 bits per heavy atom. The van der Waals surface area contributed by atoms with Crippen LogP contribution in [0.2, 0.25) is 0 Å². The first kappa shape index (κ1) is 16.8. The molecule has 3 aromatic rings. The van der Waals surface area contributed by atoms with E-state index < -0.39 is 0 Å². The summed E-state index contributed by atoms with van der Waals surface area (Å²) in [4.78, 5) is 15.3. The van der Waals surface area contributed by atoms with Gasteiger partial charge in [-0.15, -0.1) is 0 Å². The van der Waals surface area contributed by atoms with Gasteiger partial charge in [-0.05, 0) is 49.6 Å². The lowest BCUT2D eigenvalue weighted by atomic mass is 10.0. The minimum atomic E-state index is 0.112. The summed E-state index contributed by atoms with van der Waals surface area (Å²) in [7, 11) is 0. The van der Waals surface area contributed by atoms with E-state index >= 15 is 0 Å². The Hall–Kier alpha value is -2.66. The van der Waals surface area contributed by atoms with Gasteiger partial charge in [0.25, 0.3) is 0 Å². The Balaban J connectivity index is 1.65. The summed E-state index contributed by atoms with van der Waals surface area (Å²) >= 11 is 0. The lowest BCUT2D eigenvalue weighted by Gasteiger charge is -2.34. The molecule has 0 atom stereocenters. The third kappa shape index (κ3) is 3.35. The van der Waals surface area contributed by atoms with Crippen LogP contribution in [0, 0.1) is 6.92 Å². The number of benzene rings is 1. The van der Waals surface area contributed by atoms with Crippen molar-refractivity contribution < 1.29 is 9.53 Å². The quantitative estimate of drug-likeness (QED) is 0.725. The molecule has 134 valence electrons. The highest BCUT2D eigenvalue weighted by molar-refractivity contribution is 5.96. The van der Waals surface area contributed by atoms with Crippen LogP contribution in [0.1, 0.15) is 24.0 Å². The van der Waals surface area contributed by atoms with Crippen LogP contribution in [0.4, 0.5) is 5.69 Å². The van der Waals surface area contributed by atoms with Crippen LogP contribution in [0.5, 0.6) is 0 Å². The highest BCUT2D eigenvalue weighted by Gasteiger charge is 2.28. The number of carbonyl (C=O) groups is 1. The molecule has 0 unspecified atom stereocenters. The molecule has 3 heterocycles. The molecule has 0 bridgehead atoms. The normalized spacial score (nSPS) is 15.3. The van der Waals surface area contributed by atoms with Gasteiger partial charge in [0.2, 0.25) is 5.91 Å². The average molecular weight is 349 g/mol. The van der Waals surface area contributed by atoms with Crippen molar-refractivity contribution in [1.82, 2.24) is 9.61 Å². The minimum Gasteiger partial charge on any atom is -0.381 e. The molecule has 5 nitrogen and oxygen atoms in total. The third-order valence-corrected chi connectivity index (χ3v) is 4.95. The van der Waals surface area contributed by atoms with E-state index in [1.54, 1.807) is 6.20 Å². The molecule has 4 rings (SSSR count). The van der Waals surface area contributed by atoms with Crippen molar-refractivity contribution in [2.75, 3.05) is 18.1 Å². The van der Waals surface area contributed by atoms with E-state index in [1.807, 2.05) is 45.9 Å². The zero-order valence-corrected chi connectivity index (χ0v) is 15.0. The molecule has 2 aromatic heterocycles. The fourth-order valence-electron chi connectivity index (χ4n) is 3.65. The molecule has 0 radical (unpaired) electrons. The van der Waals surface area contributed by atoms with Crippen LogP contribution in [0.3, 0.4) is 0 Å². The molecular weight excluding hydrogens is 326 g/mol. The van der Waals surface area contributed by atoms with Gasteiger partial charge >= 0.3 is 0 Å². The lowest BCUT2D eigenvalue weighted by molar-refractivity contribution is -0.118. The Morgan fingerprint density at radius 2 is 2.08 bits per heavy atom. The van der Waals surface area contributed by atoms with E-state index in [9.17, 15) is 4.79 Å². The summed E-state index contributed by atoms with van der Waals surface area (Å²) in [6, 6.07) is 14.3. The van der Waals surface area contributed by atoms with Crippen LogP contribution < -0.4 is 4.90 Å². The number of amides is 1. The number of pyridine rings is 1. The van der Waals surface area contributed by atoms with Gasteiger partial charge in [0.15, 0.2) is 0 Å². The van der Waals surface area contributed by atoms with Gasteiger partial charge in [0, 0.05) is 36.7 Å². The number of rotatable bonds is 4. The molecule has 0 aliphatic carbocycles. The molecular formula is C21H23N3O2. The summed E-state index contributed by atoms with van der Waals surface area (Å²) < 4.78 is 7.32. The summed E-state index contributed by atoms with van der Waals surface area (Å²) in [6.07, 6.45) is 5.79. The van der Waals surface area contributed by atoms with E-state index in [2.05, 4.69) is 24.2 Å². The molecule has 0 saturated carbocycles. The van der Waals surface area contributed by atoms with Crippen LogP contribution in [-0.4, -0.2) is 34.8 Å². The van der Waals surface area contributed by atoms with Crippen LogP contribution in [0.15, 0.2) is 54.9 Å². The predicted molar refractivity (Wildman–Crippen MR) is 101 cm³/mol. The number of hydrogen-bond donors (Lipinski definition) is 0. The molecule has 1 aliphatic rings. The van der Waals surface area contributed by atoms with Gasteiger partial charge in [-0.1, -0.05) is 18.2 Å².